The van der Waals surface area contributed by atoms with Crippen LogP contribution >= 0.6 is 0 Å². The molecule has 140 valence electrons. The first kappa shape index (κ1) is 16.9. The summed E-state index contributed by atoms with van der Waals surface area (Å²) in [7, 11) is 0. The van der Waals surface area contributed by atoms with Gasteiger partial charge in [0.1, 0.15) is 11.3 Å². The number of para-hydroxylation sites is 1. The molecular formula is C22H21N5O. The smallest absolute Gasteiger partial charge is 0.197 e. The van der Waals surface area contributed by atoms with E-state index >= 15 is 0 Å². The maximum Gasteiger partial charge on any atom is 0.197 e. The fourth-order valence-corrected chi connectivity index (χ4v) is 3.73. The van der Waals surface area contributed by atoms with Crippen molar-refractivity contribution in [1.82, 2.24) is 19.9 Å². The van der Waals surface area contributed by atoms with E-state index in [0.29, 0.717) is 13.0 Å². The Morgan fingerprint density at radius 3 is 2.89 bits per heavy atom. The van der Waals surface area contributed by atoms with E-state index in [9.17, 15) is 0 Å². The van der Waals surface area contributed by atoms with E-state index in [2.05, 4.69) is 28.3 Å². The van der Waals surface area contributed by atoms with Gasteiger partial charge in [-0.25, -0.2) is 15.0 Å². The van der Waals surface area contributed by atoms with Crippen LogP contribution in [0, 0.1) is 6.92 Å². The zero-order valence-corrected chi connectivity index (χ0v) is 15.8. The number of hydrogen-bond donors (Lipinski definition) is 1. The normalized spacial score (nSPS) is 13.0. The molecule has 6 nitrogen and oxygen atoms in total. The molecular weight excluding hydrogens is 350 g/mol. The fraction of sp³-hybridized carbons (Fsp3) is 0.273. The molecule has 4 aromatic rings. The number of fused-ring (bicyclic) bond motifs is 2. The second kappa shape index (κ2) is 7.03. The van der Waals surface area contributed by atoms with Gasteiger partial charge in [-0.3, -0.25) is 4.98 Å². The van der Waals surface area contributed by atoms with Gasteiger partial charge in [-0.15, -0.1) is 0 Å². The van der Waals surface area contributed by atoms with Gasteiger partial charge in [0, 0.05) is 42.2 Å². The average Bonchev–Trinajstić information content (AvgIpc) is 3.36. The Kier molecular flexibility index (Phi) is 4.24. The highest BCUT2D eigenvalue weighted by Gasteiger charge is 2.20. The van der Waals surface area contributed by atoms with E-state index in [4.69, 9.17) is 14.4 Å². The quantitative estimate of drug-likeness (QED) is 0.568. The molecule has 1 aliphatic carbocycles. The highest BCUT2D eigenvalue weighted by Crippen LogP contribution is 2.29. The monoisotopic (exact) mass is 371 g/mol. The lowest BCUT2D eigenvalue weighted by Crippen LogP contribution is -2.10. The fourth-order valence-electron chi connectivity index (χ4n) is 3.73. The first-order valence-electron chi connectivity index (χ1n) is 9.67. The zero-order valence-electron chi connectivity index (χ0n) is 15.8. The molecule has 28 heavy (non-hydrogen) atoms. The molecule has 0 atom stereocenters. The molecule has 0 bridgehead atoms. The van der Waals surface area contributed by atoms with Crippen LogP contribution in [0.1, 0.15) is 29.1 Å². The molecule has 0 aliphatic heterocycles. The Hall–Kier alpha value is -3.28. The van der Waals surface area contributed by atoms with Gasteiger partial charge in [0.25, 0.3) is 0 Å². The second-order valence-corrected chi connectivity index (χ2v) is 7.12. The number of aryl methyl sites for hydroxylation is 2. The Labute approximate surface area is 163 Å². The van der Waals surface area contributed by atoms with E-state index in [-0.39, 0.29) is 0 Å². The molecule has 1 N–H and O–H groups in total. The van der Waals surface area contributed by atoms with Gasteiger partial charge in [-0.2, -0.15) is 0 Å². The number of hydrogen-bond acceptors (Lipinski definition) is 6. The second-order valence-electron chi connectivity index (χ2n) is 7.12. The summed E-state index contributed by atoms with van der Waals surface area (Å²) in [6.45, 7) is 2.76. The lowest BCUT2D eigenvalue weighted by molar-refractivity contribution is 0.533. The van der Waals surface area contributed by atoms with E-state index in [0.717, 1.165) is 64.7 Å². The van der Waals surface area contributed by atoms with Crippen LogP contribution in [0.4, 0.5) is 5.82 Å². The van der Waals surface area contributed by atoms with Crippen LogP contribution in [-0.4, -0.2) is 26.5 Å². The summed E-state index contributed by atoms with van der Waals surface area (Å²) in [5.41, 5.74) is 6.25. The van der Waals surface area contributed by atoms with Crippen molar-refractivity contribution in [2.24, 2.45) is 0 Å². The molecule has 0 fully saturated rings. The van der Waals surface area contributed by atoms with Crippen LogP contribution in [0.15, 0.2) is 47.1 Å². The van der Waals surface area contributed by atoms with Crippen molar-refractivity contribution in [3.63, 3.8) is 0 Å². The van der Waals surface area contributed by atoms with E-state index in [1.807, 2.05) is 24.3 Å². The summed E-state index contributed by atoms with van der Waals surface area (Å²) in [5, 5.41) is 3.49. The van der Waals surface area contributed by atoms with Crippen molar-refractivity contribution in [3.8, 4) is 11.4 Å². The minimum atomic E-state index is 0.703. The number of nitrogens with one attached hydrogen (secondary N) is 1. The zero-order chi connectivity index (χ0) is 18.9. The Bertz CT molecular complexity index is 1140. The van der Waals surface area contributed by atoms with Gasteiger partial charge in [0.2, 0.25) is 0 Å². The van der Waals surface area contributed by atoms with Crippen molar-refractivity contribution in [1.29, 1.82) is 0 Å². The Morgan fingerprint density at radius 1 is 1.07 bits per heavy atom. The topological polar surface area (TPSA) is 76.7 Å². The van der Waals surface area contributed by atoms with Crippen LogP contribution in [0.5, 0.6) is 0 Å². The maximum absolute atomic E-state index is 5.88. The van der Waals surface area contributed by atoms with Gasteiger partial charge < -0.3 is 9.73 Å². The molecule has 0 saturated carbocycles. The summed E-state index contributed by atoms with van der Waals surface area (Å²) >= 11 is 0. The number of nitrogens with zero attached hydrogens (tertiary/aromatic N) is 4. The molecule has 0 radical (unpaired) electrons. The van der Waals surface area contributed by atoms with Gasteiger partial charge >= 0.3 is 0 Å². The van der Waals surface area contributed by atoms with E-state index < -0.39 is 0 Å². The third kappa shape index (κ3) is 3.11. The summed E-state index contributed by atoms with van der Waals surface area (Å²) in [6.07, 6.45) is 7.42. The van der Waals surface area contributed by atoms with Crippen molar-refractivity contribution < 1.29 is 4.42 Å². The van der Waals surface area contributed by atoms with Crippen LogP contribution in [0.25, 0.3) is 22.5 Å². The third-order valence-electron chi connectivity index (χ3n) is 5.15. The molecule has 0 spiro atoms. The standard InChI is InChI=1S/C22H21N5O/c1-14-5-2-9-18-20(14)26-19(28-18)10-12-24-22-16-7-3-8-17(16)25-21(27-22)15-6-4-11-23-13-15/h2,4-6,9,11,13H,3,7-8,10,12H2,1H3,(H,24,25,27). The third-order valence-corrected chi connectivity index (χ3v) is 5.15. The maximum atomic E-state index is 5.88. The van der Waals surface area contributed by atoms with E-state index in [1.54, 1.807) is 12.4 Å². The van der Waals surface area contributed by atoms with Crippen molar-refractivity contribution >= 4 is 16.9 Å². The first-order valence-corrected chi connectivity index (χ1v) is 9.67. The van der Waals surface area contributed by atoms with Crippen LogP contribution in [-0.2, 0) is 19.3 Å². The summed E-state index contributed by atoms with van der Waals surface area (Å²) < 4.78 is 5.88. The predicted molar refractivity (Wildman–Crippen MR) is 108 cm³/mol. The highest BCUT2D eigenvalue weighted by molar-refractivity contribution is 5.76. The van der Waals surface area contributed by atoms with Crippen LogP contribution in [0.2, 0.25) is 0 Å². The molecule has 3 heterocycles. The van der Waals surface area contributed by atoms with Crippen LogP contribution < -0.4 is 5.32 Å². The Morgan fingerprint density at radius 2 is 2.04 bits per heavy atom. The van der Waals surface area contributed by atoms with Gasteiger partial charge in [0.05, 0.1) is 0 Å². The van der Waals surface area contributed by atoms with Crippen LogP contribution in [0.3, 0.4) is 0 Å². The molecule has 0 amide bonds. The minimum Gasteiger partial charge on any atom is -0.441 e. The SMILES string of the molecule is Cc1cccc2oc(CCNc3nc(-c4cccnc4)nc4c3CCC4)nc12. The van der Waals surface area contributed by atoms with Gasteiger partial charge in [0.15, 0.2) is 17.3 Å². The minimum absolute atomic E-state index is 0.703. The molecule has 0 saturated heterocycles. The number of anilines is 1. The number of pyridine rings is 1. The summed E-state index contributed by atoms with van der Waals surface area (Å²) in [4.78, 5) is 18.4. The summed E-state index contributed by atoms with van der Waals surface area (Å²) in [5.74, 6) is 2.40. The molecule has 3 aromatic heterocycles. The molecule has 6 heteroatoms. The lowest BCUT2D eigenvalue weighted by atomic mass is 10.2. The van der Waals surface area contributed by atoms with Gasteiger partial charge in [-0.1, -0.05) is 12.1 Å². The van der Waals surface area contributed by atoms with Crippen molar-refractivity contribution in [2.45, 2.75) is 32.6 Å². The molecule has 1 aromatic carbocycles. The molecule has 0 unspecified atom stereocenters. The Balaban J connectivity index is 1.37. The number of rotatable bonds is 5. The predicted octanol–water partition coefficient (Wildman–Crippen LogP) is 4.13. The highest BCUT2D eigenvalue weighted by atomic mass is 16.3. The average molecular weight is 371 g/mol. The number of oxazole rings is 1. The van der Waals surface area contributed by atoms with Crippen molar-refractivity contribution in [3.05, 3.63) is 65.4 Å². The first-order chi connectivity index (χ1) is 13.8. The van der Waals surface area contributed by atoms with Gasteiger partial charge in [-0.05, 0) is 49.9 Å². The molecule has 5 rings (SSSR count). The summed E-state index contributed by atoms with van der Waals surface area (Å²) in [6, 6.07) is 9.91. The van der Waals surface area contributed by atoms with Crippen molar-refractivity contribution in [2.75, 3.05) is 11.9 Å². The lowest BCUT2D eigenvalue weighted by Gasteiger charge is -2.11. The largest absolute Gasteiger partial charge is 0.441 e. The number of aromatic nitrogens is 4. The molecule has 1 aliphatic rings. The van der Waals surface area contributed by atoms with E-state index in [1.165, 1.54) is 5.56 Å². The number of benzene rings is 1.